The van der Waals surface area contributed by atoms with Crippen molar-refractivity contribution in [2.45, 2.75) is 44.6 Å². The van der Waals surface area contributed by atoms with Gasteiger partial charge in [0.25, 0.3) is 0 Å². The highest BCUT2D eigenvalue weighted by Crippen LogP contribution is 2.27. The molecule has 1 aromatic carbocycles. The van der Waals surface area contributed by atoms with Crippen molar-refractivity contribution in [1.82, 2.24) is 5.32 Å². The second-order valence-corrected chi connectivity index (χ2v) is 5.65. The molecule has 0 radical (unpaired) electrons. The maximum atomic E-state index is 13.4. The number of hydrogen-bond acceptors (Lipinski definition) is 2. The van der Waals surface area contributed by atoms with E-state index in [0.29, 0.717) is 5.56 Å². The lowest BCUT2D eigenvalue weighted by molar-refractivity contribution is -0.121. The SMILES string of the molecule is O=C(CCc1ccc(F)cc1F)NCC(O)C1CCCC1. The van der Waals surface area contributed by atoms with E-state index >= 15 is 0 Å². The molecule has 0 spiro atoms. The first-order valence-corrected chi connectivity index (χ1v) is 7.45. The minimum absolute atomic E-state index is 0.125. The Hall–Kier alpha value is -1.49. The zero-order valence-corrected chi connectivity index (χ0v) is 11.9. The third-order valence-corrected chi connectivity index (χ3v) is 4.09. The lowest BCUT2D eigenvalue weighted by Crippen LogP contribution is -2.35. The summed E-state index contributed by atoms with van der Waals surface area (Å²) in [5, 5.41) is 12.6. The third-order valence-electron chi connectivity index (χ3n) is 4.09. The van der Waals surface area contributed by atoms with E-state index in [1.54, 1.807) is 0 Å². The van der Waals surface area contributed by atoms with Crippen molar-refractivity contribution in [1.29, 1.82) is 0 Å². The zero-order chi connectivity index (χ0) is 15.2. The number of amides is 1. The van der Waals surface area contributed by atoms with Gasteiger partial charge in [-0.3, -0.25) is 4.79 Å². The predicted octanol–water partition coefficient (Wildman–Crippen LogP) is 2.56. The first kappa shape index (κ1) is 15.9. The van der Waals surface area contributed by atoms with Crippen molar-refractivity contribution in [2.24, 2.45) is 5.92 Å². The van der Waals surface area contributed by atoms with E-state index < -0.39 is 17.7 Å². The average Bonchev–Trinajstić information content (AvgIpc) is 2.98. The van der Waals surface area contributed by atoms with Crippen LogP contribution in [0.2, 0.25) is 0 Å². The Morgan fingerprint density at radius 3 is 2.71 bits per heavy atom. The summed E-state index contributed by atoms with van der Waals surface area (Å²) in [6, 6.07) is 3.35. The number of carbonyl (C=O) groups excluding carboxylic acids is 1. The summed E-state index contributed by atoms with van der Waals surface area (Å²) in [7, 11) is 0. The molecule has 1 aliphatic rings. The molecular weight excluding hydrogens is 276 g/mol. The van der Waals surface area contributed by atoms with Gasteiger partial charge in [-0.2, -0.15) is 0 Å². The molecule has 1 unspecified atom stereocenters. The zero-order valence-electron chi connectivity index (χ0n) is 11.9. The van der Waals surface area contributed by atoms with E-state index in [1.165, 1.54) is 12.1 Å². The number of nitrogens with one attached hydrogen (secondary N) is 1. The summed E-state index contributed by atoms with van der Waals surface area (Å²) in [4.78, 5) is 11.7. The second kappa shape index (κ2) is 7.50. The smallest absolute Gasteiger partial charge is 0.220 e. The minimum atomic E-state index is -0.631. The molecule has 21 heavy (non-hydrogen) atoms. The monoisotopic (exact) mass is 297 g/mol. The number of aliphatic hydroxyl groups excluding tert-OH is 1. The standard InChI is InChI=1S/C16H21F2NO2/c17-13-7-5-11(14(18)9-13)6-8-16(21)19-10-15(20)12-3-1-2-4-12/h5,7,9,12,15,20H,1-4,6,8,10H2,(H,19,21). The van der Waals surface area contributed by atoms with E-state index in [2.05, 4.69) is 5.32 Å². The highest BCUT2D eigenvalue weighted by atomic mass is 19.1. The van der Waals surface area contributed by atoms with Gasteiger partial charge < -0.3 is 10.4 Å². The van der Waals surface area contributed by atoms with Crippen LogP contribution in [0, 0.1) is 17.6 Å². The van der Waals surface area contributed by atoms with Gasteiger partial charge in [0.05, 0.1) is 6.10 Å². The molecule has 2 N–H and O–H groups in total. The molecule has 1 aromatic rings. The van der Waals surface area contributed by atoms with Gasteiger partial charge in [0, 0.05) is 19.0 Å². The van der Waals surface area contributed by atoms with E-state index in [1.807, 2.05) is 0 Å². The molecular formula is C16H21F2NO2. The van der Waals surface area contributed by atoms with Crippen molar-refractivity contribution < 1.29 is 18.7 Å². The Bertz CT molecular complexity index is 487. The summed E-state index contributed by atoms with van der Waals surface area (Å²) in [6.07, 6.45) is 4.14. The van der Waals surface area contributed by atoms with E-state index in [9.17, 15) is 18.7 Å². The maximum absolute atomic E-state index is 13.4. The number of aliphatic hydroxyl groups is 1. The number of rotatable bonds is 6. The summed E-state index contributed by atoms with van der Waals surface area (Å²) in [6.45, 7) is 0.245. The molecule has 0 aromatic heterocycles. The Morgan fingerprint density at radius 2 is 2.05 bits per heavy atom. The highest BCUT2D eigenvalue weighted by Gasteiger charge is 2.23. The Labute approximate surface area is 123 Å². The van der Waals surface area contributed by atoms with Crippen LogP contribution in [0.25, 0.3) is 0 Å². The van der Waals surface area contributed by atoms with Crippen LogP contribution in [0.15, 0.2) is 18.2 Å². The summed E-state index contributed by atoms with van der Waals surface area (Å²) < 4.78 is 26.2. The molecule has 1 aliphatic carbocycles. The average molecular weight is 297 g/mol. The van der Waals surface area contributed by atoms with Crippen LogP contribution in [0.5, 0.6) is 0 Å². The van der Waals surface area contributed by atoms with Gasteiger partial charge in [-0.15, -0.1) is 0 Å². The normalized spacial score (nSPS) is 16.9. The summed E-state index contributed by atoms with van der Waals surface area (Å²) in [5.41, 5.74) is 0.322. The topological polar surface area (TPSA) is 49.3 Å². The lowest BCUT2D eigenvalue weighted by atomic mass is 10.0. The molecule has 0 saturated heterocycles. The third kappa shape index (κ3) is 4.77. The van der Waals surface area contributed by atoms with Crippen LogP contribution in [-0.2, 0) is 11.2 Å². The quantitative estimate of drug-likeness (QED) is 0.848. The highest BCUT2D eigenvalue weighted by molar-refractivity contribution is 5.76. The number of hydrogen-bond donors (Lipinski definition) is 2. The summed E-state index contributed by atoms with van der Waals surface area (Å²) in [5.74, 6) is -1.20. The van der Waals surface area contributed by atoms with Crippen LogP contribution >= 0.6 is 0 Å². The van der Waals surface area contributed by atoms with Crippen molar-refractivity contribution >= 4 is 5.91 Å². The molecule has 3 nitrogen and oxygen atoms in total. The van der Waals surface area contributed by atoms with Gasteiger partial charge in [-0.25, -0.2) is 8.78 Å². The molecule has 0 heterocycles. The maximum Gasteiger partial charge on any atom is 0.220 e. The molecule has 5 heteroatoms. The lowest BCUT2D eigenvalue weighted by Gasteiger charge is -2.18. The van der Waals surface area contributed by atoms with Crippen molar-refractivity contribution in [2.75, 3.05) is 6.54 Å². The van der Waals surface area contributed by atoms with E-state index in [-0.39, 0.29) is 31.2 Å². The molecule has 1 saturated carbocycles. The van der Waals surface area contributed by atoms with Crippen molar-refractivity contribution in [3.63, 3.8) is 0 Å². The Morgan fingerprint density at radius 1 is 1.33 bits per heavy atom. The van der Waals surface area contributed by atoms with Crippen LogP contribution in [0.3, 0.4) is 0 Å². The first-order chi connectivity index (χ1) is 10.1. The molecule has 2 rings (SSSR count). The van der Waals surface area contributed by atoms with Gasteiger partial charge >= 0.3 is 0 Å². The number of carbonyl (C=O) groups is 1. The van der Waals surface area contributed by atoms with E-state index in [4.69, 9.17) is 0 Å². The number of benzene rings is 1. The second-order valence-electron chi connectivity index (χ2n) is 5.65. The predicted molar refractivity (Wildman–Crippen MR) is 75.7 cm³/mol. The number of aryl methyl sites for hydroxylation is 1. The van der Waals surface area contributed by atoms with Crippen LogP contribution in [0.1, 0.15) is 37.7 Å². The molecule has 1 amide bonds. The van der Waals surface area contributed by atoms with Gasteiger partial charge in [-0.1, -0.05) is 18.9 Å². The van der Waals surface area contributed by atoms with Crippen LogP contribution < -0.4 is 5.32 Å². The van der Waals surface area contributed by atoms with Crippen LogP contribution in [-0.4, -0.2) is 23.7 Å². The van der Waals surface area contributed by atoms with Crippen LogP contribution in [0.4, 0.5) is 8.78 Å². The fraction of sp³-hybridized carbons (Fsp3) is 0.562. The van der Waals surface area contributed by atoms with Gasteiger partial charge in [0.15, 0.2) is 0 Å². The molecule has 1 fully saturated rings. The minimum Gasteiger partial charge on any atom is -0.391 e. The fourth-order valence-corrected chi connectivity index (χ4v) is 2.79. The first-order valence-electron chi connectivity index (χ1n) is 7.45. The molecule has 0 bridgehead atoms. The Kier molecular flexibility index (Phi) is 5.67. The van der Waals surface area contributed by atoms with Crippen molar-refractivity contribution in [3.8, 4) is 0 Å². The largest absolute Gasteiger partial charge is 0.391 e. The van der Waals surface area contributed by atoms with Gasteiger partial charge in [0.2, 0.25) is 5.91 Å². The fourth-order valence-electron chi connectivity index (χ4n) is 2.79. The summed E-state index contributed by atoms with van der Waals surface area (Å²) >= 11 is 0. The van der Waals surface area contributed by atoms with E-state index in [0.717, 1.165) is 31.7 Å². The van der Waals surface area contributed by atoms with Gasteiger partial charge in [0.1, 0.15) is 11.6 Å². The number of halogens is 2. The molecule has 116 valence electrons. The molecule has 1 atom stereocenters. The Balaban J connectivity index is 1.71. The molecule has 0 aliphatic heterocycles. The van der Waals surface area contributed by atoms with Crippen molar-refractivity contribution in [3.05, 3.63) is 35.4 Å². The van der Waals surface area contributed by atoms with Gasteiger partial charge in [-0.05, 0) is 36.8 Å².